The third-order valence-electron chi connectivity index (χ3n) is 4.41. The number of aliphatic hydroxyl groups excluding tert-OH is 1. The predicted octanol–water partition coefficient (Wildman–Crippen LogP) is 5.33. The Balaban J connectivity index is 2.54. The van der Waals surface area contributed by atoms with Crippen molar-refractivity contribution in [1.82, 2.24) is 0 Å². The summed E-state index contributed by atoms with van der Waals surface area (Å²) < 4.78 is 38.0. The Labute approximate surface area is 164 Å². The van der Waals surface area contributed by atoms with Crippen molar-refractivity contribution >= 4 is 10.1 Å². The lowest BCUT2D eigenvalue weighted by molar-refractivity contribution is -0.154. The first-order chi connectivity index (χ1) is 12.9. The van der Waals surface area contributed by atoms with Crippen molar-refractivity contribution in [3.8, 4) is 5.95 Å². The Kier molecular flexibility index (Phi) is 11.7. The van der Waals surface area contributed by atoms with E-state index in [1.165, 1.54) is 50.7 Å². The Morgan fingerprint density at radius 2 is 1.52 bits per heavy atom. The molecule has 0 aliphatic heterocycles. The molecule has 6 nitrogen and oxygen atoms in total. The second kappa shape index (κ2) is 13.2. The summed E-state index contributed by atoms with van der Waals surface area (Å²) in [6.07, 6.45) is 12.0. The van der Waals surface area contributed by atoms with Gasteiger partial charge in [-0.2, -0.15) is 8.42 Å². The van der Waals surface area contributed by atoms with Gasteiger partial charge in [0.1, 0.15) is 0 Å². The van der Waals surface area contributed by atoms with Crippen molar-refractivity contribution in [2.75, 3.05) is 6.26 Å². The number of ether oxygens (including phenoxy) is 1. The fraction of sp³-hybridized carbons (Fsp3) is 0.800. The molecular weight excluding hydrogens is 368 g/mol. The highest BCUT2D eigenvalue weighted by Crippen LogP contribution is 2.27. The molecule has 0 saturated heterocycles. The second-order valence-electron chi connectivity index (χ2n) is 7.11. The number of hydrogen-bond acceptors (Lipinski definition) is 6. The van der Waals surface area contributed by atoms with Crippen LogP contribution in [0, 0.1) is 0 Å². The zero-order valence-electron chi connectivity index (χ0n) is 17.0. The number of rotatable bonds is 16. The van der Waals surface area contributed by atoms with Crippen LogP contribution in [-0.4, -0.2) is 25.9 Å². The zero-order chi connectivity index (χ0) is 20.1. The molecule has 0 fully saturated rings. The molecule has 0 amide bonds. The molecule has 1 N–H and O–H groups in total. The van der Waals surface area contributed by atoms with E-state index in [2.05, 4.69) is 18.0 Å². The van der Waals surface area contributed by atoms with Crippen molar-refractivity contribution in [2.45, 2.75) is 96.9 Å². The van der Waals surface area contributed by atoms with Gasteiger partial charge in [-0.15, -0.1) is 0 Å². The molecule has 0 saturated carbocycles. The molecule has 0 spiro atoms. The van der Waals surface area contributed by atoms with Gasteiger partial charge in [0.25, 0.3) is 0 Å². The summed E-state index contributed by atoms with van der Waals surface area (Å²) >= 11 is 0. The van der Waals surface area contributed by atoms with E-state index < -0.39 is 16.4 Å². The number of furan rings is 1. The molecule has 0 aliphatic carbocycles. The van der Waals surface area contributed by atoms with E-state index in [9.17, 15) is 13.5 Å². The average molecular weight is 405 g/mol. The molecule has 1 aromatic heterocycles. The molecule has 1 rings (SSSR count). The SMILES string of the molecule is CCCCCCCC(CCCCCC)OC(O)c1ccc(OS(C)(=O)=O)o1. The van der Waals surface area contributed by atoms with Crippen molar-refractivity contribution in [2.24, 2.45) is 0 Å². The van der Waals surface area contributed by atoms with E-state index in [4.69, 9.17) is 9.15 Å². The van der Waals surface area contributed by atoms with Gasteiger partial charge in [-0.3, -0.25) is 0 Å². The van der Waals surface area contributed by atoms with Crippen LogP contribution in [0.4, 0.5) is 0 Å². The van der Waals surface area contributed by atoms with Crippen LogP contribution in [0.5, 0.6) is 5.95 Å². The number of aliphatic hydroxyl groups is 1. The fourth-order valence-corrected chi connectivity index (χ4v) is 3.35. The predicted molar refractivity (Wildman–Crippen MR) is 106 cm³/mol. The van der Waals surface area contributed by atoms with Crippen LogP contribution in [0.2, 0.25) is 0 Å². The van der Waals surface area contributed by atoms with Gasteiger partial charge in [0, 0.05) is 6.07 Å². The summed E-state index contributed by atoms with van der Waals surface area (Å²) in [5, 5.41) is 10.3. The van der Waals surface area contributed by atoms with Gasteiger partial charge in [-0.25, -0.2) is 0 Å². The second-order valence-corrected chi connectivity index (χ2v) is 8.68. The van der Waals surface area contributed by atoms with E-state index in [1.54, 1.807) is 0 Å². The van der Waals surface area contributed by atoms with Crippen LogP contribution in [0.15, 0.2) is 16.5 Å². The van der Waals surface area contributed by atoms with Gasteiger partial charge in [0.15, 0.2) is 5.76 Å². The highest BCUT2D eigenvalue weighted by molar-refractivity contribution is 7.86. The summed E-state index contributed by atoms with van der Waals surface area (Å²) in [4.78, 5) is 0. The first-order valence-corrected chi connectivity index (χ1v) is 12.0. The van der Waals surface area contributed by atoms with Gasteiger partial charge in [0.05, 0.1) is 12.4 Å². The standard InChI is InChI=1S/C20H36O6S/c1-4-6-8-10-12-14-17(13-11-9-7-5-2)24-20(21)18-15-16-19(25-18)26-27(3,22)23/h15-17,20-21H,4-14H2,1-3H3. The molecule has 0 aliphatic rings. The Bertz CT molecular complexity index is 595. The molecule has 2 unspecified atom stereocenters. The molecule has 0 radical (unpaired) electrons. The van der Waals surface area contributed by atoms with Crippen LogP contribution in [0.3, 0.4) is 0 Å². The lowest BCUT2D eigenvalue weighted by atomic mass is 10.0. The third kappa shape index (κ3) is 11.4. The van der Waals surface area contributed by atoms with E-state index in [0.717, 1.165) is 38.4 Å². The molecule has 27 heavy (non-hydrogen) atoms. The van der Waals surface area contributed by atoms with Crippen molar-refractivity contribution < 1.29 is 26.9 Å². The maximum Gasteiger partial charge on any atom is 0.308 e. The quantitative estimate of drug-likeness (QED) is 0.228. The summed E-state index contributed by atoms with van der Waals surface area (Å²) in [6.45, 7) is 4.37. The average Bonchev–Trinajstić information content (AvgIpc) is 3.04. The molecule has 7 heteroatoms. The number of unbranched alkanes of at least 4 members (excludes halogenated alkanes) is 7. The van der Waals surface area contributed by atoms with E-state index in [1.807, 2.05) is 0 Å². The maximum atomic E-state index is 11.1. The molecule has 1 heterocycles. The minimum absolute atomic E-state index is 0.0390. The topological polar surface area (TPSA) is 86.0 Å². The van der Waals surface area contributed by atoms with Crippen LogP contribution < -0.4 is 4.18 Å². The van der Waals surface area contributed by atoms with E-state index >= 15 is 0 Å². The van der Waals surface area contributed by atoms with Crippen molar-refractivity contribution in [3.63, 3.8) is 0 Å². The Morgan fingerprint density at radius 3 is 2.07 bits per heavy atom. The first-order valence-electron chi connectivity index (χ1n) is 10.2. The molecule has 2 atom stereocenters. The third-order valence-corrected chi connectivity index (χ3v) is 4.88. The van der Waals surface area contributed by atoms with Gasteiger partial charge < -0.3 is 18.4 Å². The van der Waals surface area contributed by atoms with E-state index in [0.29, 0.717) is 0 Å². The van der Waals surface area contributed by atoms with Gasteiger partial charge in [-0.1, -0.05) is 71.6 Å². The molecule has 0 bridgehead atoms. The molecule has 0 aromatic carbocycles. The highest BCUT2D eigenvalue weighted by atomic mass is 32.2. The van der Waals surface area contributed by atoms with Gasteiger partial charge >= 0.3 is 16.1 Å². The summed E-state index contributed by atoms with van der Waals surface area (Å²) in [5.74, 6) is -0.0209. The Hall–Kier alpha value is -1.05. The highest BCUT2D eigenvalue weighted by Gasteiger charge is 2.20. The van der Waals surface area contributed by atoms with Crippen molar-refractivity contribution in [3.05, 3.63) is 17.9 Å². The lowest BCUT2D eigenvalue weighted by Gasteiger charge is -2.21. The normalized spacial score (nSPS) is 14.2. The number of hydrogen-bond donors (Lipinski definition) is 1. The minimum Gasteiger partial charge on any atom is -0.424 e. The van der Waals surface area contributed by atoms with Crippen LogP contribution in [0.1, 0.15) is 96.5 Å². The van der Waals surface area contributed by atoms with Crippen LogP contribution >= 0.6 is 0 Å². The van der Waals surface area contributed by atoms with Crippen LogP contribution in [0.25, 0.3) is 0 Å². The summed E-state index contributed by atoms with van der Waals surface area (Å²) in [5.41, 5.74) is 0. The minimum atomic E-state index is -3.67. The van der Waals surface area contributed by atoms with Crippen LogP contribution in [-0.2, 0) is 14.9 Å². The fourth-order valence-electron chi connectivity index (χ4n) is 2.97. The largest absolute Gasteiger partial charge is 0.424 e. The maximum absolute atomic E-state index is 11.1. The summed E-state index contributed by atoms with van der Waals surface area (Å²) in [7, 11) is -3.67. The van der Waals surface area contributed by atoms with E-state index in [-0.39, 0.29) is 17.8 Å². The zero-order valence-corrected chi connectivity index (χ0v) is 17.8. The molecule has 158 valence electrons. The summed E-state index contributed by atoms with van der Waals surface area (Å²) in [6, 6.07) is 2.84. The lowest BCUT2D eigenvalue weighted by Crippen LogP contribution is -2.17. The molecule has 1 aromatic rings. The monoisotopic (exact) mass is 404 g/mol. The first kappa shape index (κ1) is 24.0. The van der Waals surface area contributed by atoms with Gasteiger partial charge in [-0.05, 0) is 18.9 Å². The van der Waals surface area contributed by atoms with Crippen molar-refractivity contribution in [1.29, 1.82) is 0 Å². The Morgan fingerprint density at radius 1 is 0.963 bits per heavy atom. The smallest absolute Gasteiger partial charge is 0.308 e. The molecular formula is C20H36O6S. The van der Waals surface area contributed by atoms with Gasteiger partial charge in [0.2, 0.25) is 6.29 Å².